The molecule has 114 valence electrons. The lowest BCUT2D eigenvalue weighted by Crippen LogP contribution is -2.25. The molecule has 2 aromatic heterocycles. The van der Waals surface area contributed by atoms with Gasteiger partial charge in [0.2, 0.25) is 17.8 Å². The molecule has 0 aliphatic rings. The summed E-state index contributed by atoms with van der Waals surface area (Å²) in [5, 5.41) is 7.32. The summed E-state index contributed by atoms with van der Waals surface area (Å²) < 4.78 is 1.85. The number of nitrogens with one attached hydrogen (secondary N) is 1. The fourth-order valence-corrected chi connectivity index (χ4v) is 2.06. The average Bonchev–Trinajstić information content (AvgIpc) is 2.85. The number of hydrogen-bond acceptors (Lipinski definition) is 7. The van der Waals surface area contributed by atoms with E-state index < -0.39 is 0 Å². The maximum Gasteiger partial charge on any atom is 0.231 e. The van der Waals surface area contributed by atoms with Crippen LogP contribution in [-0.2, 0) is 13.5 Å². The van der Waals surface area contributed by atoms with E-state index in [9.17, 15) is 0 Å². The molecule has 2 aromatic rings. The van der Waals surface area contributed by atoms with E-state index in [0.29, 0.717) is 18.4 Å². The van der Waals surface area contributed by atoms with E-state index in [1.165, 1.54) is 0 Å². The van der Waals surface area contributed by atoms with Crippen LogP contribution in [0.3, 0.4) is 0 Å². The molecular formula is C13H22N8. The first-order valence-electron chi connectivity index (χ1n) is 7.11. The van der Waals surface area contributed by atoms with E-state index in [-0.39, 0.29) is 5.95 Å². The molecule has 0 saturated carbocycles. The van der Waals surface area contributed by atoms with E-state index in [2.05, 4.69) is 39.2 Å². The molecule has 0 amide bonds. The highest BCUT2D eigenvalue weighted by Gasteiger charge is 2.09. The SMILES string of the molecule is CCN(CC)c1nc(N)nc(NCCc2ccnn2C)n1. The molecule has 0 bridgehead atoms. The predicted molar refractivity (Wildman–Crippen MR) is 83.2 cm³/mol. The molecule has 0 aromatic carbocycles. The van der Waals surface area contributed by atoms with Gasteiger partial charge in [0, 0.05) is 45.0 Å². The number of nitrogens with two attached hydrogens (primary N) is 1. The second kappa shape index (κ2) is 6.87. The van der Waals surface area contributed by atoms with Gasteiger partial charge in [-0.3, -0.25) is 4.68 Å². The monoisotopic (exact) mass is 290 g/mol. The van der Waals surface area contributed by atoms with Crippen LogP contribution in [0.15, 0.2) is 12.3 Å². The van der Waals surface area contributed by atoms with E-state index in [4.69, 9.17) is 5.73 Å². The standard InChI is InChI=1S/C13H22N8/c1-4-21(5-2)13-18-11(14)17-12(19-13)15-8-6-10-7-9-16-20(10)3/h7,9H,4-6,8H2,1-3H3,(H3,14,15,17,18,19). The summed E-state index contributed by atoms with van der Waals surface area (Å²) >= 11 is 0. The molecule has 0 spiro atoms. The largest absolute Gasteiger partial charge is 0.368 e. The highest BCUT2D eigenvalue weighted by Crippen LogP contribution is 2.11. The van der Waals surface area contributed by atoms with E-state index >= 15 is 0 Å². The molecule has 0 unspecified atom stereocenters. The third kappa shape index (κ3) is 3.80. The Hall–Kier alpha value is -2.38. The van der Waals surface area contributed by atoms with Crippen LogP contribution >= 0.6 is 0 Å². The molecule has 0 atom stereocenters. The van der Waals surface area contributed by atoms with Crippen LogP contribution in [0.5, 0.6) is 0 Å². The van der Waals surface area contributed by atoms with E-state index in [0.717, 1.165) is 25.2 Å². The van der Waals surface area contributed by atoms with Crippen molar-refractivity contribution in [3.05, 3.63) is 18.0 Å². The summed E-state index contributed by atoms with van der Waals surface area (Å²) in [6.07, 6.45) is 2.62. The third-order valence-electron chi connectivity index (χ3n) is 3.27. The Bertz CT molecular complexity index is 575. The Morgan fingerprint density at radius 2 is 2.00 bits per heavy atom. The van der Waals surface area contributed by atoms with Crippen molar-refractivity contribution < 1.29 is 0 Å². The van der Waals surface area contributed by atoms with Crippen LogP contribution in [-0.4, -0.2) is 44.4 Å². The number of nitrogen functional groups attached to an aromatic ring is 1. The van der Waals surface area contributed by atoms with Crippen molar-refractivity contribution >= 4 is 17.8 Å². The van der Waals surface area contributed by atoms with Gasteiger partial charge in [-0.25, -0.2) is 0 Å². The first kappa shape index (κ1) is 15.0. The lowest BCUT2D eigenvalue weighted by Gasteiger charge is -2.19. The zero-order chi connectivity index (χ0) is 15.2. The summed E-state index contributed by atoms with van der Waals surface area (Å²) in [4.78, 5) is 14.7. The highest BCUT2D eigenvalue weighted by molar-refractivity contribution is 5.41. The normalized spacial score (nSPS) is 10.6. The first-order valence-corrected chi connectivity index (χ1v) is 7.11. The number of nitrogens with zero attached hydrogens (tertiary/aromatic N) is 6. The molecule has 0 aliphatic carbocycles. The van der Waals surface area contributed by atoms with Gasteiger partial charge in [0.15, 0.2) is 0 Å². The summed E-state index contributed by atoms with van der Waals surface area (Å²) in [6, 6.07) is 1.99. The zero-order valence-corrected chi connectivity index (χ0v) is 12.7. The van der Waals surface area contributed by atoms with Crippen LogP contribution in [0.2, 0.25) is 0 Å². The summed E-state index contributed by atoms with van der Waals surface area (Å²) in [7, 11) is 1.93. The second-order valence-corrected chi connectivity index (χ2v) is 4.61. The minimum absolute atomic E-state index is 0.231. The molecule has 3 N–H and O–H groups in total. The molecule has 8 nitrogen and oxygen atoms in total. The van der Waals surface area contributed by atoms with Gasteiger partial charge in [-0.15, -0.1) is 0 Å². The van der Waals surface area contributed by atoms with Crippen molar-refractivity contribution in [3.63, 3.8) is 0 Å². The Morgan fingerprint density at radius 1 is 1.24 bits per heavy atom. The summed E-state index contributed by atoms with van der Waals surface area (Å²) in [5.41, 5.74) is 6.90. The highest BCUT2D eigenvalue weighted by atomic mass is 15.3. The van der Waals surface area contributed by atoms with E-state index in [1.54, 1.807) is 6.20 Å². The van der Waals surface area contributed by atoms with Gasteiger partial charge in [-0.2, -0.15) is 20.1 Å². The number of hydrogen-bond donors (Lipinski definition) is 2. The number of aromatic nitrogens is 5. The summed E-state index contributed by atoms with van der Waals surface area (Å²) in [6.45, 7) is 6.47. The maximum absolute atomic E-state index is 5.75. The fraction of sp³-hybridized carbons (Fsp3) is 0.538. The van der Waals surface area contributed by atoms with Crippen molar-refractivity contribution in [1.82, 2.24) is 24.7 Å². The minimum Gasteiger partial charge on any atom is -0.368 e. The third-order valence-corrected chi connectivity index (χ3v) is 3.27. The smallest absolute Gasteiger partial charge is 0.231 e. The van der Waals surface area contributed by atoms with Crippen LogP contribution < -0.4 is 16.0 Å². The molecule has 8 heteroatoms. The van der Waals surface area contributed by atoms with Gasteiger partial charge in [0.1, 0.15) is 0 Å². The topological polar surface area (TPSA) is 97.8 Å². The van der Waals surface area contributed by atoms with Crippen molar-refractivity contribution in [2.75, 3.05) is 35.6 Å². The summed E-state index contributed by atoms with van der Waals surface area (Å²) in [5.74, 6) is 1.34. The molecule has 0 fully saturated rings. The molecule has 0 radical (unpaired) electrons. The Balaban J connectivity index is 2.01. The van der Waals surface area contributed by atoms with Crippen LogP contribution in [0.25, 0.3) is 0 Å². The van der Waals surface area contributed by atoms with Crippen molar-refractivity contribution in [1.29, 1.82) is 0 Å². The first-order chi connectivity index (χ1) is 10.1. The van der Waals surface area contributed by atoms with Crippen LogP contribution in [0.4, 0.5) is 17.8 Å². The number of aryl methyl sites for hydroxylation is 1. The fourth-order valence-electron chi connectivity index (χ4n) is 2.06. The Morgan fingerprint density at radius 3 is 2.62 bits per heavy atom. The van der Waals surface area contributed by atoms with E-state index in [1.807, 2.05) is 22.7 Å². The van der Waals surface area contributed by atoms with Crippen LogP contribution in [0, 0.1) is 0 Å². The van der Waals surface area contributed by atoms with Gasteiger partial charge < -0.3 is 16.0 Å². The maximum atomic E-state index is 5.75. The number of rotatable bonds is 7. The van der Waals surface area contributed by atoms with Gasteiger partial charge in [0.25, 0.3) is 0 Å². The predicted octanol–water partition coefficient (Wildman–Crippen LogP) is 0.688. The molecule has 2 heterocycles. The average molecular weight is 290 g/mol. The van der Waals surface area contributed by atoms with Gasteiger partial charge >= 0.3 is 0 Å². The van der Waals surface area contributed by atoms with Crippen LogP contribution in [0.1, 0.15) is 19.5 Å². The lowest BCUT2D eigenvalue weighted by molar-refractivity contribution is 0.710. The Labute approximate surface area is 124 Å². The molecule has 0 aliphatic heterocycles. The lowest BCUT2D eigenvalue weighted by atomic mass is 10.3. The van der Waals surface area contributed by atoms with Gasteiger partial charge in [-0.05, 0) is 19.9 Å². The quantitative estimate of drug-likeness (QED) is 0.774. The molecule has 21 heavy (non-hydrogen) atoms. The molecule has 2 rings (SSSR count). The molecule has 0 saturated heterocycles. The van der Waals surface area contributed by atoms with Gasteiger partial charge in [-0.1, -0.05) is 0 Å². The van der Waals surface area contributed by atoms with Crippen molar-refractivity contribution in [3.8, 4) is 0 Å². The van der Waals surface area contributed by atoms with Crippen molar-refractivity contribution in [2.24, 2.45) is 7.05 Å². The van der Waals surface area contributed by atoms with Crippen molar-refractivity contribution in [2.45, 2.75) is 20.3 Å². The zero-order valence-electron chi connectivity index (χ0n) is 12.7. The second-order valence-electron chi connectivity index (χ2n) is 4.61. The Kier molecular flexibility index (Phi) is 4.91. The number of anilines is 3. The minimum atomic E-state index is 0.231. The van der Waals surface area contributed by atoms with Gasteiger partial charge in [0.05, 0.1) is 0 Å². The molecular weight excluding hydrogens is 268 g/mol.